The number of aliphatic imine (C=N–C) groups is 1. The largest absolute Gasteiger partial charge is 0.450 e. The van der Waals surface area contributed by atoms with Gasteiger partial charge in [0.05, 0.1) is 13.2 Å². The molecule has 1 saturated heterocycles. The number of nitrogens with one attached hydrogen (secondary N) is 2. The number of nitrogens with zero attached hydrogens (tertiary/aromatic N) is 4. The van der Waals surface area contributed by atoms with E-state index in [0.717, 1.165) is 4.68 Å². The standard InChI is InChI=1S/C17H27F3N6O2.HI/c1-4-21-15(22-10-12-11-25(3)24-14(12)17(18,19)20)23-13-6-8-26(9-7-13)16(27)28-5-2;/h11,13H,4-10H2,1-3H3,(H2,21,22,23);1H. The molecule has 1 amide bonds. The molecule has 1 aliphatic heterocycles. The molecule has 1 aromatic heterocycles. The summed E-state index contributed by atoms with van der Waals surface area (Å²) in [5.74, 6) is 0.439. The van der Waals surface area contributed by atoms with Crippen LogP contribution in [0.15, 0.2) is 11.2 Å². The molecule has 2 rings (SSSR count). The third-order valence-electron chi connectivity index (χ3n) is 4.29. The highest BCUT2D eigenvalue weighted by Gasteiger charge is 2.36. The number of aromatic nitrogens is 2. The summed E-state index contributed by atoms with van der Waals surface area (Å²) < 4.78 is 45.3. The van der Waals surface area contributed by atoms with Crippen LogP contribution in [0.5, 0.6) is 0 Å². The normalized spacial score (nSPS) is 15.7. The van der Waals surface area contributed by atoms with Crippen LogP contribution in [0.1, 0.15) is 37.9 Å². The second kappa shape index (κ2) is 11.5. The molecule has 1 aliphatic rings. The van der Waals surface area contributed by atoms with Gasteiger partial charge in [-0.15, -0.1) is 24.0 Å². The Morgan fingerprint density at radius 2 is 2.00 bits per heavy atom. The van der Waals surface area contributed by atoms with Crippen LogP contribution >= 0.6 is 24.0 Å². The Morgan fingerprint density at radius 1 is 1.34 bits per heavy atom. The average Bonchev–Trinajstić information content (AvgIpc) is 3.02. The van der Waals surface area contributed by atoms with E-state index < -0.39 is 11.9 Å². The molecule has 0 saturated carbocycles. The van der Waals surface area contributed by atoms with Crippen molar-refractivity contribution in [1.82, 2.24) is 25.3 Å². The van der Waals surface area contributed by atoms with Gasteiger partial charge in [0.2, 0.25) is 0 Å². The number of piperidine rings is 1. The Kier molecular flexibility index (Phi) is 10.00. The predicted octanol–water partition coefficient (Wildman–Crippen LogP) is 2.73. The maximum atomic E-state index is 13.1. The SMILES string of the molecule is CCNC(=NCc1cn(C)nc1C(F)(F)F)NC1CCN(C(=O)OCC)CC1.I. The number of hydrogen-bond donors (Lipinski definition) is 2. The van der Waals surface area contributed by atoms with Gasteiger partial charge in [-0.2, -0.15) is 18.3 Å². The van der Waals surface area contributed by atoms with Crippen LogP contribution in [0.2, 0.25) is 0 Å². The number of ether oxygens (including phenoxy) is 1. The van der Waals surface area contributed by atoms with E-state index in [4.69, 9.17) is 4.74 Å². The second-order valence-electron chi connectivity index (χ2n) is 6.47. The number of rotatable bonds is 5. The number of amides is 1. The number of alkyl halides is 3. The Hall–Kier alpha value is -1.73. The molecular weight excluding hydrogens is 504 g/mol. The fraction of sp³-hybridized carbons (Fsp3) is 0.706. The van der Waals surface area contributed by atoms with Crippen molar-refractivity contribution in [2.45, 2.75) is 45.5 Å². The molecule has 0 unspecified atom stereocenters. The van der Waals surface area contributed by atoms with Crippen molar-refractivity contribution in [1.29, 1.82) is 0 Å². The van der Waals surface area contributed by atoms with Crippen LogP contribution in [0, 0.1) is 0 Å². The summed E-state index contributed by atoms with van der Waals surface area (Å²) in [6.07, 6.45) is -2.11. The van der Waals surface area contributed by atoms with Crippen molar-refractivity contribution in [3.8, 4) is 0 Å². The maximum Gasteiger partial charge on any atom is 0.435 e. The first kappa shape index (κ1) is 25.3. The molecule has 166 valence electrons. The average molecular weight is 532 g/mol. The Morgan fingerprint density at radius 3 is 2.55 bits per heavy atom. The second-order valence-corrected chi connectivity index (χ2v) is 6.47. The van der Waals surface area contributed by atoms with Crippen LogP contribution in [-0.4, -0.2) is 59.0 Å². The molecule has 2 N–H and O–H groups in total. The lowest BCUT2D eigenvalue weighted by Gasteiger charge is -2.32. The molecule has 8 nitrogen and oxygen atoms in total. The highest BCUT2D eigenvalue weighted by Crippen LogP contribution is 2.30. The molecule has 0 atom stereocenters. The van der Waals surface area contributed by atoms with Crippen molar-refractivity contribution in [2.24, 2.45) is 12.0 Å². The number of carbonyl (C=O) groups excluding carboxylic acids is 1. The van der Waals surface area contributed by atoms with E-state index in [1.54, 1.807) is 11.8 Å². The zero-order valence-corrected chi connectivity index (χ0v) is 19.1. The molecule has 1 aromatic rings. The molecule has 2 heterocycles. The minimum Gasteiger partial charge on any atom is -0.450 e. The lowest BCUT2D eigenvalue weighted by Crippen LogP contribution is -2.49. The van der Waals surface area contributed by atoms with Crippen molar-refractivity contribution in [2.75, 3.05) is 26.2 Å². The topological polar surface area (TPSA) is 83.8 Å². The highest BCUT2D eigenvalue weighted by atomic mass is 127. The summed E-state index contributed by atoms with van der Waals surface area (Å²) in [4.78, 5) is 17.7. The van der Waals surface area contributed by atoms with Gasteiger partial charge in [0.1, 0.15) is 0 Å². The van der Waals surface area contributed by atoms with Crippen LogP contribution < -0.4 is 10.6 Å². The number of halogens is 4. The van der Waals surface area contributed by atoms with Crippen molar-refractivity contribution in [3.63, 3.8) is 0 Å². The van der Waals surface area contributed by atoms with Gasteiger partial charge in [0.15, 0.2) is 11.7 Å². The van der Waals surface area contributed by atoms with Crippen LogP contribution in [0.3, 0.4) is 0 Å². The lowest BCUT2D eigenvalue weighted by atomic mass is 10.1. The fourth-order valence-electron chi connectivity index (χ4n) is 2.99. The number of guanidine groups is 1. The van der Waals surface area contributed by atoms with E-state index in [2.05, 4.69) is 20.7 Å². The summed E-state index contributed by atoms with van der Waals surface area (Å²) in [7, 11) is 1.45. The van der Waals surface area contributed by atoms with Gasteiger partial charge in [0.25, 0.3) is 0 Å². The van der Waals surface area contributed by atoms with Gasteiger partial charge in [-0.05, 0) is 26.7 Å². The van der Waals surface area contributed by atoms with Gasteiger partial charge < -0.3 is 20.3 Å². The third kappa shape index (κ3) is 7.55. The minimum absolute atomic E-state index is 0. The van der Waals surface area contributed by atoms with Gasteiger partial charge in [-0.3, -0.25) is 4.68 Å². The van der Waals surface area contributed by atoms with Gasteiger partial charge >= 0.3 is 12.3 Å². The van der Waals surface area contributed by atoms with Crippen molar-refractivity contribution < 1.29 is 22.7 Å². The van der Waals surface area contributed by atoms with Gasteiger partial charge in [-0.1, -0.05) is 0 Å². The fourth-order valence-corrected chi connectivity index (χ4v) is 2.99. The highest BCUT2D eigenvalue weighted by molar-refractivity contribution is 14.0. The van der Waals surface area contributed by atoms with E-state index in [9.17, 15) is 18.0 Å². The monoisotopic (exact) mass is 532 g/mol. The Balaban J connectivity index is 0.00000420. The van der Waals surface area contributed by atoms with Gasteiger partial charge in [0, 0.05) is 44.5 Å². The van der Waals surface area contributed by atoms with Crippen LogP contribution in [0.25, 0.3) is 0 Å². The van der Waals surface area contributed by atoms with E-state index in [0.29, 0.717) is 45.0 Å². The summed E-state index contributed by atoms with van der Waals surface area (Å²) in [5.41, 5.74) is -0.901. The first-order valence-electron chi connectivity index (χ1n) is 9.30. The molecule has 0 spiro atoms. The first-order chi connectivity index (χ1) is 13.2. The quantitative estimate of drug-likeness (QED) is 0.346. The molecule has 12 heteroatoms. The van der Waals surface area contributed by atoms with Crippen LogP contribution in [0.4, 0.5) is 18.0 Å². The van der Waals surface area contributed by atoms with Crippen molar-refractivity contribution >= 4 is 36.0 Å². The number of likely N-dealkylation sites (tertiary alicyclic amines) is 1. The smallest absolute Gasteiger partial charge is 0.435 e. The molecule has 0 aliphatic carbocycles. The molecular formula is C17H28F3IN6O2. The molecule has 29 heavy (non-hydrogen) atoms. The third-order valence-corrected chi connectivity index (χ3v) is 4.29. The molecule has 1 fully saturated rings. The number of aryl methyl sites for hydroxylation is 1. The van der Waals surface area contributed by atoms with E-state index in [-0.39, 0.29) is 48.2 Å². The Bertz CT molecular complexity index is 687. The van der Waals surface area contributed by atoms with E-state index in [1.807, 2.05) is 6.92 Å². The molecule has 0 aromatic carbocycles. The summed E-state index contributed by atoms with van der Waals surface area (Å²) in [6, 6.07) is 0.0689. The molecule has 0 radical (unpaired) electrons. The molecule has 0 bridgehead atoms. The first-order valence-corrected chi connectivity index (χ1v) is 9.30. The number of hydrogen-bond acceptors (Lipinski definition) is 4. The van der Waals surface area contributed by atoms with Crippen LogP contribution in [-0.2, 0) is 24.5 Å². The maximum absolute atomic E-state index is 13.1. The van der Waals surface area contributed by atoms with Gasteiger partial charge in [-0.25, -0.2) is 9.79 Å². The van der Waals surface area contributed by atoms with E-state index >= 15 is 0 Å². The predicted molar refractivity (Wildman–Crippen MR) is 113 cm³/mol. The summed E-state index contributed by atoms with van der Waals surface area (Å²) in [6.45, 7) is 5.52. The van der Waals surface area contributed by atoms with Crippen molar-refractivity contribution in [3.05, 3.63) is 17.5 Å². The lowest BCUT2D eigenvalue weighted by molar-refractivity contribution is -0.142. The number of carbonyl (C=O) groups is 1. The summed E-state index contributed by atoms with van der Waals surface area (Å²) in [5, 5.41) is 9.77. The van der Waals surface area contributed by atoms with E-state index in [1.165, 1.54) is 13.2 Å². The zero-order valence-electron chi connectivity index (χ0n) is 16.8. The minimum atomic E-state index is -4.52. The summed E-state index contributed by atoms with van der Waals surface area (Å²) >= 11 is 0. The Labute approximate surface area is 185 Å². The zero-order chi connectivity index (χ0) is 20.7.